The van der Waals surface area contributed by atoms with Crippen molar-refractivity contribution in [1.29, 1.82) is 0 Å². The first-order chi connectivity index (χ1) is 20.7. The summed E-state index contributed by atoms with van der Waals surface area (Å²) in [5.41, 5.74) is 10.3. The Labute approximate surface area is 254 Å². The maximum atomic E-state index is 12.7. The Morgan fingerprint density at radius 1 is 1.02 bits per heavy atom. The van der Waals surface area contributed by atoms with E-state index in [4.69, 9.17) is 21.3 Å². The molecule has 6 N–H and O–H groups in total. The fraction of sp³-hybridized carbons (Fsp3) is 0.323. The van der Waals surface area contributed by atoms with E-state index in [1.54, 1.807) is 0 Å². The standard InChI is InChI=1S/C31H35ClN6O5/c1-3-33-28(41)17-24-30-37-36-18(2)38(30)25-11-10-22(16-23(25)29(35-24)19-5-8-21(32)9-6-19)43-14-4-13-34-31(42)20-7-12-26(39)27(40)15-20/h5-12,15-16,18,24,30,36-37,39-40H,3-4,13-14,17H2,1-2H3,(H,33,41)(H,34,42). The zero-order valence-corrected chi connectivity index (χ0v) is 24.7. The van der Waals surface area contributed by atoms with Crippen molar-refractivity contribution in [1.82, 2.24) is 21.5 Å². The molecule has 2 aliphatic heterocycles. The molecule has 11 nitrogen and oxygen atoms in total. The molecule has 226 valence electrons. The molecule has 12 heteroatoms. The van der Waals surface area contributed by atoms with Crippen LogP contribution in [-0.2, 0) is 4.79 Å². The minimum atomic E-state index is -0.384. The van der Waals surface area contributed by atoms with Crippen LogP contribution in [0.15, 0.2) is 65.7 Å². The van der Waals surface area contributed by atoms with Crippen LogP contribution in [0.1, 0.15) is 48.2 Å². The number of hydrogen-bond donors (Lipinski definition) is 6. The molecule has 43 heavy (non-hydrogen) atoms. The zero-order chi connectivity index (χ0) is 30.5. The third-order valence-corrected chi connectivity index (χ3v) is 7.57. The van der Waals surface area contributed by atoms with Gasteiger partial charge in [0.1, 0.15) is 11.9 Å². The summed E-state index contributed by atoms with van der Waals surface area (Å²) in [6.07, 6.45) is 0.428. The highest BCUT2D eigenvalue weighted by atomic mass is 35.5. The number of rotatable bonds is 10. The molecule has 2 amide bonds. The van der Waals surface area contributed by atoms with Crippen molar-refractivity contribution in [2.24, 2.45) is 4.99 Å². The van der Waals surface area contributed by atoms with Crippen LogP contribution in [0.2, 0.25) is 5.02 Å². The Hall–Kier alpha value is -4.32. The number of aliphatic imine (C=N–C) groups is 1. The number of nitrogens with one attached hydrogen (secondary N) is 4. The molecule has 0 aromatic heterocycles. The first-order valence-electron chi connectivity index (χ1n) is 14.2. The number of carbonyl (C=O) groups excluding carboxylic acids is 2. The Balaban J connectivity index is 1.36. The molecule has 0 radical (unpaired) electrons. The molecule has 3 aromatic carbocycles. The van der Waals surface area contributed by atoms with E-state index >= 15 is 0 Å². The summed E-state index contributed by atoms with van der Waals surface area (Å²) in [5, 5.41) is 25.4. The third kappa shape index (κ3) is 6.85. The van der Waals surface area contributed by atoms with E-state index in [1.807, 2.05) is 56.3 Å². The summed E-state index contributed by atoms with van der Waals surface area (Å²) in [7, 11) is 0. The molecule has 2 heterocycles. The summed E-state index contributed by atoms with van der Waals surface area (Å²) in [4.78, 5) is 32.4. The van der Waals surface area contributed by atoms with Crippen LogP contribution in [-0.4, -0.2) is 65.8 Å². The number of ether oxygens (including phenoxy) is 1. The molecule has 3 aromatic rings. The largest absolute Gasteiger partial charge is 0.504 e. The summed E-state index contributed by atoms with van der Waals surface area (Å²) < 4.78 is 6.09. The highest BCUT2D eigenvalue weighted by Crippen LogP contribution is 2.36. The van der Waals surface area contributed by atoms with Gasteiger partial charge in [0.25, 0.3) is 5.91 Å². The Morgan fingerprint density at radius 3 is 2.56 bits per heavy atom. The van der Waals surface area contributed by atoms with Crippen LogP contribution in [0.25, 0.3) is 0 Å². The molecule has 0 aliphatic carbocycles. The van der Waals surface area contributed by atoms with E-state index in [-0.39, 0.29) is 53.7 Å². The molecule has 0 spiro atoms. The number of aromatic hydroxyl groups is 2. The average Bonchev–Trinajstić information content (AvgIpc) is 3.31. The minimum Gasteiger partial charge on any atom is -0.504 e. The first-order valence-corrected chi connectivity index (χ1v) is 14.6. The van der Waals surface area contributed by atoms with Crippen molar-refractivity contribution in [3.05, 3.63) is 82.4 Å². The molecule has 3 atom stereocenters. The maximum Gasteiger partial charge on any atom is 0.251 e. The lowest BCUT2D eigenvalue weighted by molar-refractivity contribution is -0.121. The number of phenols is 2. The summed E-state index contributed by atoms with van der Waals surface area (Å²) >= 11 is 6.20. The second-order valence-electron chi connectivity index (χ2n) is 10.4. The van der Waals surface area contributed by atoms with Gasteiger partial charge in [0.15, 0.2) is 11.5 Å². The van der Waals surface area contributed by atoms with Gasteiger partial charge in [0.05, 0.1) is 30.9 Å². The lowest BCUT2D eigenvalue weighted by Crippen LogP contribution is -2.47. The van der Waals surface area contributed by atoms with Gasteiger partial charge in [-0.1, -0.05) is 23.7 Å². The van der Waals surface area contributed by atoms with Crippen molar-refractivity contribution < 1.29 is 24.5 Å². The summed E-state index contributed by atoms with van der Waals surface area (Å²) in [5.74, 6) is -0.422. The molecular formula is C31H35ClN6O5. The summed E-state index contributed by atoms with van der Waals surface area (Å²) in [6, 6.07) is 16.9. The first kappa shape index (κ1) is 30.1. The van der Waals surface area contributed by atoms with Crippen molar-refractivity contribution >= 4 is 34.8 Å². The number of amides is 2. The second-order valence-corrected chi connectivity index (χ2v) is 10.8. The summed E-state index contributed by atoms with van der Waals surface area (Å²) in [6.45, 7) is 5.18. The second kappa shape index (κ2) is 13.3. The topological polar surface area (TPSA) is 148 Å². The predicted octanol–water partition coefficient (Wildman–Crippen LogP) is 3.28. The molecule has 5 rings (SSSR count). The minimum absolute atomic E-state index is 0.0638. The van der Waals surface area contributed by atoms with Crippen LogP contribution >= 0.6 is 11.6 Å². The zero-order valence-electron chi connectivity index (χ0n) is 23.9. The number of benzene rings is 3. The number of hydrogen-bond acceptors (Lipinski definition) is 9. The van der Waals surface area contributed by atoms with Crippen molar-refractivity contribution in [2.45, 2.75) is 45.1 Å². The number of hydrazine groups is 1. The highest BCUT2D eigenvalue weighted by molar-refractivity contribution is 6.30. The molecule has 2 aliphatic rings. The van der Waals surface area contributed by atoms with Crippen LogP contribution in [0, 0.1) is 0 Å². The van der Waals surface area contributed by atoms with Crippen LogP contribution < -0.4 is 31.1 Å². The Morgan fingerprint density at radius 2 is 1.81 bits per heavy atom. The average molecular weight is 607 g/mol. The van der Waals surface area contributed by atoms with Gasteiger partial charge in [-0.05, 0) is 68.8 Å². The van der Waals surface area contributed by atoms with Crippen molar-refractivity contribution in [3.63, 3.8) is 0 Å². The third-order valence-electron chi connectivity index (χ3n) is 7.32. The smallest absolute Gasteiger partial charge is 0.251 e. The SMILES string of the molecule is CCNC(=O)CC1N=C(c2ccc(Cl)cc2)c2cc(OCCCNC(=O)c3ccc(O)c(O)c3)ccc2N2C(C)NNC12. The van der Waals surface area contributed by atoms with Gasteiger partial charge in [-0.15, -0.1) is 0 Å². The van der Waals surface area contributed by atoms with E-state index in [9.17, 15) is 19.8 Å². The number of nitrogens with zero attached hydrogens (tertiary/aromatic N) is 2. The maximum absolute atomic E-state index is 12.7. The Kier molecular flexibility index (Phi) is 9.34. The van der Waals surface area contributed by atoms with E-state index in [1.165, 1.54) is 18.2 Å². The van der Waals surface area contributed by atoms with Gasteiger partial charge in [-0.25, -0.2) is 10.9 Å². The number of phenolic OH excluding ortho intramolecular Hbond substituents is 2. The van der Waals surface area contributed by atoms with Gasteiger partial charge >= 0.3 is 0 Å². The van der Waals surface area contributed by atoms with E-state index in [2.05, 4.69) is 26.4 Å². The number of halogens is 1. The van der Waals surface area contributed by atoms with Gasteiger partial charge in [0, 0.05) is 40.5 Å². The van der Waals surface area contributed by atoms with Gasteiger partial charge in [-0.3, -0.25) is 14.6 Å². The lowest BCUT2D eigenvalue weighted by atomic mass is 9.99. The molecular weight excluding hydrogens is 572 g/mol. The molecule has 0 saturated carbocycles. The predicted molar refractivity (Wildman–Crippen MR) is 165 cm³/mol. The Bertz CT molecular complexity index is 1520. The number of anilines is 1. The molecule has 1 fully saturated rings. The normalized spacial score (nSPS) is 19.1. The van der Waals surface area contributed by atoms with Crippen molar-refractivity contribution in [2.75, 3.05) is 24.6 Å². The molecule has 3 unspecified atom stereocenters. The van der Waals surface area contributed by atoms with E-state index < -0.39 is 0 Å². The quantitative estimate of drug-likeness (QED) is 0.152. The van der Waals surface area contributed by atoms with Gasteiger partial charge in [0.2, 0.25) is 5.91 Å². The van der Waals surface area contributed by atoms with E-state index in [0.717, 1.165) is 22.5 Å². The fourth-order valence-corrected chi connectivity index (χ4v) is 5.36. The monoisotopic (exact) mass is 606 g/mol. The van der Waals surface area contributed by atoms with Gasteiger partial charge < -0.3 is 30.5 Å². The number of fused-ring (bicyclic) bond motifs is 3. The van der Waals surface area contributed by atoms with Crippen LogP contribution in [0.4, 0.5) is 5.69 Å². The van der Waals surface area contributed by atoms with E-state index in [0.29, 0.717) is 36.9 Å². The number of carbonyl (C=O) groups is 2. The van der Waals surface area contributed by atoms with Gasteiger partial charge in [-0.2, -0.15) is 0 Å². The highest BCUT2D eigenvalue weighted by Gasteiger charge is 2.40. The van der Waals surface area contributed by atoms with Crippen molar-refractivity contribution in [3.8, 4) is 17.2 Å². The lowest BCUT2D eigenvalue weighted by Gasteiger charge is -2.31. The molecule has 1 saturated heterocycles. The van der Waals surface area contributed by atoms with Crippen LogP contribution in [0.3, 0.4) is 0 Å². The molecule has 0 bridgehead atoms. The van der Waals surface area contributed by atoms with Crippen LogP contribution in [0.5, 0.6) is 17.2 Å². The fourth-order valence-electron chi connectivity index (χ4n) is 5.24.